The summed E-state index contributed by atoms with van der Waals surface area (Å²) in [5.41, 5.74) is 0.316. The molecule has 0 saturated carbocycles. The highest BCUT2D eigenvalue weighted by Gasteiger charge is 2.29. The molecular weight excluding hydrogens is 370 g/mol. The second-order valence-electron chi connectivity index (χ2n) is 6.03. The number of hydrogen-bond acceptors (Lipinski definition) is 4. The van der Waals surface area contributed by atoms with Crippen LogP contribution in [0.1, 0.15) is 24.8 Å². The lowest BCUT2D eigenvalue weighted by Gasteiger charge is -2.23. The summed E-state index contributed by atoms with van der Waals surface area (Å²) in [7, 11) is -3.33. The number of hydrogen-bond donors (Lipinski definition) is 1. The van der Waals surface area contributed by atoms with Crippen molar-refractivity contribution < 1.29 is 31.9 Å². The van der Waals surface area contributed by atoms with Crippen LogP contribution in [-0.2, 0) is 26.2 Å². The molecule has 0 spiro atoms. The Hall–Kier alpha value is -2.07. The van der Waals surface area contributed by atoms with E-state index in [0.717, 1.165) is 12.1 Å². The van der Waals surface area contributed by atoms with Gasteiger partial charge in [0.1, 0.15) is 0 Å². The number of aliphatic carboxylic acids is 1. The summed E-state index contributed by atoms with van der Waals surface area (Å²) in [6.45, 7) is 0.173. The molecule has 0 unspecified atom stereocenters. The van der Waals surface area contributed by atoms with Gasteiger partial charge in [0.25, 0.3) is 0 Å². The number of carbonyl (C=O) groups is 2. The first-order valence-corrected chi connectivity index (χ1v) is 9.71. The van der Waals surface area contributed by atoms with E-state index in [9.17, 15) is 26.8 Å². The van der Waals surface area contributed by atoms with Crippen molar-refractivity contribution in [2.45, 2.75) is 25.8 Å². The summed E-state index contributed by atoms with van der Waals surface area (Å²) in [6, 6.07) is 3.19. The first-order chi connectivity index (χ1) is 12.2. The molecule has 0 atom stereocenters. The Morgan fingerprint density at radius 2 is 1.92 bits per heavy atom. The van der Waals surface area contributed by atoms with E-state index in [1.807, 2.05) is 0 Å². The Morgan fingerprint density at radius 1 is 1.19 bits per heavy atom. The zero-order valence-corrected chi connectivity index (χ0v) is 14.8. The molecule has 1 N–H and O–H groups in total. The van der Waals surface area contributed by atoms with Gasteiger partial charge in [0.05, 0.1) is 12.2 Å². The molecule has 0 aliphatic carbocycles. The Balaban J connectivity index is 2.03. The normalized spacial score (nSPS) is 16.5. The second kappa shape index (κ2) is 8.54. The molecular formula is C16H20F2N2O5S. The monoisotopic (exact) mass is 390 g/mol. The van der Waals surface area contributed by atoms with Gasteiger partial charge in [0.2, 0.25) is 15.9 Å². The minimum atomic E-state index is -3.33. The molecule has 0 radical (unpaired) electrons. The SMILES string of the molecule is O=C(O)CCN(Cc1ccc(F)c(F)c1)C(=O)CCN1CCCS1(=O)=O. The predicted octanol–water partition coefficient (Wildman–Crippen LogP) is 1.19. The van der Waals surface area contributed by atoms with E-state index in [2.05, 4.69) is 0 Å². The van der Waals surface area contributed by atoms with Crippen LogP contribution in [0, 0.1) is 11.6 Å². The number of amides is 1. The van der Waals surface area contributed by atoms with E-state index in [0.29, 0.717) is 18.5 Å². The number of carboxylic acid groups (broad SMARTS) is 1. The third-order valence-electron chi connectivity index (χ3n) is 4.08. The predicted molar refractivity (Wildman–Crippen MR) is 88.6 cm³/mol. The highest BCUT2D eigenvalue weighted by Crippen LogP contribution is 2.15. The molecule has 1 aromatic carbocycles. The molecule has 1 aliphatic rings. The van der Waals surface area contributed by atoms with Crippen LogP contribution in [0.3, 0.4) is 0 Å². The van der Waals surface area contributed by atoms with Gasteiger partial charge in [-0.3, -0.25) is 9.59 Å². The van der Waals surface area contributed by atoms with E-state index < -0.39 is 33.5 Å². The molecule has 1 aromatic rings. The number of nitrogens with zero attached hydrogens (tertiary/aromatic N) is 2. The van der Waals surface area contributed by atoms with E-state index in [1.54, 1.807) is 0 Å². The second-order valence-corrected chi connectivity index (χ2v) is 8.11. The lowest BCUT2D eigenvalue weighted by atomic mass is 10.2. The van der Waals surface area contributed by atoms with Crippen LogP contribution in [0.4, 0.5) is 8.78 Å². The fourth-order valence-corrected chi connectivity index (χ4v) is 4.23. The first-order valence-electron chi connectivity index (χ1n) is 8.10. The van der Waals surface area contributed by atoms with E-state index >= 15 is 0 Å². The fourth-order valence-electron chi connectivity index (χ4n) is 2.70. The van der Waals surface area contributed by atoms with E-state index in [4.69, 9.17) is 5.11 Å². The zero-order chi connectivity index (χ0) is 19.3. The van der Waals surface area contributed by atoms with E-state index in [-0.39, 0.29) is 38.2 Å². The Morgan fingerprint density at radius 3 is 2.50 bits per heavy atom. The highest BCUT2D eigenvalue weighted by molar-refractivity contribution is 7.89. The van der Waals surface area contributed by atoms with E-state index in [1.165, 1.54) is 15.3 Å². The molecule has 0 aromatic heterocycles. The number of sulfonamides is 1. The third kappa shape index (κ3) is 5.46. The number of rotatable bonds is 8. The van der Waals surface area contributed by atoms with Crippen molar-refractivity contribution in [1.29, 1.82) is 0 Å². The van der Waals surface area contributed by atoms with Crippen LogP contribution < -0.4 is 0 Å². The van der Waals surface area contributed by atoms with Crippen LogP contribution >= 0.6 is 0 Å². The van der Waals surface area contributed by atoms with Gasteiger partial charge in [-0.1, -0.05) is 6.07 Å². The average Bonchev–Trinajstić information content (AvgIpc) is 2.90. The van der Waals surface area contributed by atoms with Crippen LogP contribution in [0.25, 0.3) is 0 Å². The minimum Gasteiger partial charge on any atom is -0.481 e. The van der Waals surface area contributed by atoms with Crippen molar-refractivity contribution in [3.8, 4) is 0 Å². The van der Waals surface area contributed by atoms with Gasteiger partial charge >= 0.3 is 5.97 Å². The highest BCUT2D eigenvalue weighted by atomic mass is 32.2. The standard InChI is InChI=1S/C16H20F2N2O5S/c17-13-3-2-12(10-14(13)18)11-19(7-5-16(22)23)15(21)4-8-20-6-1-9-26(20,24)25/h2-3,10H,1,4-9,11H2,(H,22,23). The van der Waals surface area contributed by atoms with Crippen LogP contribution in [0.2, 0.25) is 0 Å². The molecule has 1 aliphatic heterocycles. The number of halogens is 2. The third-order valence-corrected chi connectivity index (χ3v) is 6.04. The Labute approximate surface area is 150 Å². The van der Waals surface area contributed by atoms with Gasteiger partial charge < -0.3 is 10.0 Å². The van der Waals surface area contributed by atoms with Crippen LogP contribution in [-0.4, -0.2) is 60.0 Å². The minimum absolute atomic E-state index is 0.0164. The largest absolute Gasteiger partial charge is 0.481 e. The quantitative estimate of drug-likeness (QED) is 0.720. The Kier molecular flexibility index (Phi) is 6.65. The summed E-state index contributed by atoms with van der Waals surface area (Å²) in [6.07, 6.45) is 0.0913. The molecule has 1 fully saturated rings. The summed E-state index contributed by atoms with van der Waals surface area (Å²) in [4.78, 5) is 24.4. The molecule has 2 rings (SSSR count). The summed E-state index contributed by atoms with van der Waals surface area (Å²) in [5, 5.41) is 8.83. The molecule has 26 heavy (non-hydrogen) atoms. The van der Waals surface area contributed by atoms with Gasteiger partial charge in [0, 0.05) is 32.6 Å². The van der Waals surface area contributed by atoms with Crippen molar-refractivity contribution in [3.63, 3.8) is 0 Å². The molecule has 1 saturated heterocycles. The molecule has 0 bridgehead atoms. The van der Waals surface area contributed by atoms with Gasteiger partial charge in [-0.2, -0.15) is 0 Å². The van der Waals surface area contributed by atoms with Crippen LogP contribution in [0.5, 0.6) is 0 Å². The van der Waals surface area contributed by atoms with Gasteiger partial charge in [-0.25, -0.2) is 21.5 Å². The summed E-state index contributed by atoms with van der Waals surface area (Å²) < 4.78 is 51.1. The van der Waals surface area contributed by atoms with Crippen molar-refractivity contribution in [2.24, 2.45) is 0 Å². The first kappa shape index (κ1) is 20.2. The van der Waals surface area contributed by atoms with Crippen LogP contribution in [0.15, 0.2) is 18.2 Å². The lowest BCUT2D eigenvalue weighted by molar-refractivity contribution is -0.138. The summed E-state index contributed by atoms with van der Waals surface area (Å²) >= 11 is 0. The van der Waals surface area contributed by atoms with Crippen molar-refractivity contribution in [1.82, 2.24) is 9.21 Å². The maximum absolute atomic E-state index is 13.3. The number of carboxylic acids is 1. The maximum atomic E-state index is 13.3. The number of carbonyl (C=O) groups excluding carboxylic acids is 1. The topological polar surface area (TPSA) is 95.0 Å². The number of benzene rings is 1. The lowest BCUT2D eigenvalue weighted by Crippen LogP contribution is -2.36. The van der Waals surface area contributed by atoms with Crippen molar-refractivity contribution >= 4 is 21.9 Å². The molecule has 1 heterocycles. The van der Waals surface area contributed by atoms with Gasteiger partial charge in [-0.05, 0) is 24.1 Å². The molecule has 144 valence electrons. The molecule has 1 amide bonds. The van der Waals surface area contributed by atoms with Gasteiger partial charge in [-0.15, -0.1) is 0 Å². The van der Waals surface area contributed by atoms with Crippen molar-refractivity contribution in [3.05, 3.63) is 35.4 Å². The Bertz CT molecular complexity index is 785. The van der Waals surface area contributed by atoms with Crippen molar-refractivity contribution in [2.75, 3.05) is 25.4 Å². The zero-order valence-electron chi connectivity index (χ0n) is 14.0. The molecule has 7 nitrogen and oxygen atoms in total. The fraction of sp³-hybridized carbons (Fsp3) is 0.500. The average molecular weight is 390 g/mol. The van der Waals surface area contributed by atoms with Gasteiger partial charge in [0.15, 0.2) is 11.6 Å². The maximum Gasteiger partial charge on any atom is 0.305 e. The molecule has 10 heteroatoms. The smallest absolute Gasteiger partial charge is 0.305 e. The summed E-state index contributed by atoms with van der Waals surface area (Å²) in [5.74, 6) is -3.57.